The van der Waals surface area contributed by atoms with Gasteiger partial charge in [-0.15, -0.1) is 0 Å². The zero-order valence-corrected chi connectivity index (χ0v) is 9.92. The number of rotatable bonds is 4. The van der Waals surface area contributed by atoms with E-state index >= 15 is 0 Å². The SMILES string of the molecule is N=C(N)N(N)CCOc1ccc(Cl)cc1Cl. The number of halogens is 2. The molecule has 0 aliphatic carbocycles. The molecule has 1 aromatic carbocycles. The average molecular weight is 263 g/mol. The van der Waals surface area contributed by atoms with Crippen molar-refractivity contribution in [3.63, 3.8) is 0 Å². The van der Waals surface area contributed by atoms with Crippen LogP contribution in [0.1, 0.15) is 0 Å². The van der Waals surface area contributed by atoms with Gasteiger partial charge in [0.05, 0.1) is 11.6 Å². The van der Waals surface area contributed by atoms with E-state index in [1.165, 1.54) is 0 Å². The molecule has 0 aliphatic rings. The Morgan fingerprint density at radius 2 is 2.12 bits per heavy atom. The van der Waals surface area contributed by atoms with Gasteiger partial charge >= 0.3 is 0 Å². The van der Waals surface area contributed by atoms with Gasteiger partial charge < -0.3 is 10.5 Å². The van der Waals surface area contributed by atoms with Crippen molar-refractivity contribution in [1.82, 2.24) is 5.01 Å². The summed E-state index contributed by atoms with van der Waals surface area (Å²) in [5.41, 5.74) is 5.15. The summed E-state index contributed by atoms with van der Waals surface area (Å²) in [6.07, 6.45) is 0. The summed E-state index contributed by atoms with van der Waals surface area (Å²) in [6.45, 7) is 0.575. The number of guanidine groups is 1. The van der Waals surface area contributed by atoms with Crippen LogP contribution < -0.4 is 16.3 Å². The maximum absolute atomic E-state index is 7.03. The van der Waals surface area contributed by atoms with Crippen LogP contribution in [0.2, 0.25) is 10.0 Å². The first kappa shape index (κ1) is 12.9. The van der Waals surface area contributed by atoms with E-state index in [1.54, 1.807) is 18.2 Å². The summed E-state index contributed by atoms with van der Waals surface area (Å²) < 4.78 is 5.35. The topological polar surface area (TPSA) is 88.4 Å². The van der Waals surface area contributed by atoms with E-state index in [9.17, 15) is 0 Å². The molecule has 1 rings (SSSR count). The van der Waals surface area contributed by atoms with Gasteiger partial charge in [-0.1, -0.05) is 23.2 Å². The third-order valence-corrected chi connectivity index (χ3v) is 2.32. The number of nitrogens with zero attached hydrogens (tertiary/aromatic N) is 1. The van der Waals surface area contributed by atoms with Gasteiger partial charge in [-0.25, -0.2) is 5.84 Å². The fourth-order valence-electron chi connectivity index (χ4n) is 0.967. The second-order valence-corrected chi connectivity index (χ2v) is 3.85. The molecule has 0 aromatic heterocycles. The van der Waals surface area contributed by atoms with Gasteiger partial charge in [-0.3, -0.25) is 10.4 Å². The Kier molecular flexibility index (Phi) is 4.67. The van der Waals surface area contributed by atoms with Crippen molar-refractivity contribution in [3.05, 3.63) is 28.2 Å². The molecule has 0 bridgehead atoms. The van der Waals surface area contributed by atoms with E-state index in [4.69, 9.17) is 44.9 Å². The van der Waals surface area contributed by atoms with Crippen molar-refractivity contribution in [2.75, 3.05) is 13.2 Å². The quantitative estimate of drug-likeness (QED) is 0.332. The highest BCUT2D eigenvalue weighted by molar-refractivity contribution is 6.35. The monoisotopic (exact) mass is 262 g/mol. The van der Waals surface area contributed by atoms with Crippen LogP contribution in [-0.2, 0) is 0 Å². The molecule has 88 valence electrons. The molecule has 0 fully saturated rings. The third kappa shape index (κ3) is 3.77. The fraction of sp³-hybridized carbons (Fsp3) is 0.222. The van der Waals surface area contributed by atoms with Crippen LogP contribution in [-0.4, -0.2) is 24.1 Å². The number of hydrazine groups is 1. The number of nitrogens with one attached hydrogen (secondary N) is 1. The van der Waals surface area contributed by atoms with E-state index < -0.39 is 0 Å². The van der Waals surface area contributed by atoms with Gasteiger partial charge in [0.1, 0.15) is 12.4 Å². The Bertz CT molecular complexity index is 386. The van der Waals surface area contributed by atoms with Gasteiger partial charge in [0.15, 0.2) is 0 Å². The molecule has 5 nitrogen and oxygen atoms in total. The highest BCUT2D eigenvalue weighted by Gasteiger charge is 2.04. The standard InChI is InChI=1S/C9H12Cl2N4O/c10-6-1-2-8(7(11)5-6)16-4-3-15(14)9(12)13/h1-2,5H,3-4,14H2,(H3,12,13). The lowest BCUT2D eigenvalue weighted by atomic mass is 10.3. The molecule has 0 saturated carbocycles. The molecule has 0 unspecified atom stereocenters. The summed E-state index contributed by atoms with van der Waals surface area (Å²) in [5.74, 6) is 5.69. The number of hydrogen-bond acceptors (Lipinski definition) is 3. The van der Waals surface area contributed by atoms with Crippen LogP contribution in [0.4, 0.5) is 0 Å². The Morgan fingerprint density at radius 1 is 1.44 bits per heavy atom. The summed E-state index contributed by atoms with van der Waals surface area (Å²) in [6, 6.07) is 4.93. The van der Waals surface area contributed by atoms with Crippen LogP contribution in [0.5, 0.6) is 5.75 Å². The average Bonchev–Trinajstić information content (AvgIpc) is 2.20. The van der Waals surface area contributed by atoms with Gasteiger partial charge in [-0.05, 0) is 18.2 Å². The predicted molar refractivity (Wildman–Crippen MR) is 64.8 cm³/mol. The maximum atomic E-state index is 7.03. The molecule has 0 spiro atoms. The van der Waals surface area contributed by atoms with Crippen molar-refractivity contribution < 1.29 is 4.74 Å². The molecule has 0 amide bonds. The molecule has 7 heteroatoms. The number of ether oxygens (including phenoxy) is 1. The summed E-state index contributed by atoms with van der Waals surface area (Å²) in [4.78, 5) is 0. The zero-order valence-electron chi connectivity index (χ0n) is 8.41. The predicted octanol–water partition coefficient (Wildman–Crippen LogP) is 1.44. The summed E-state index contributed by atoms with van der Waals surface area (Å²) in [5, 5.41) is 9.08. The van der Waals surface area contributed by atoms with Gasteiger partial charge in [0.25, 0.3) is 0 Å². The number of benzene rings is 1. The minimum absolute atomic E-state index is 0.217. The van der Waals surface area contributed by atoms with Crippen LogP contribution in [0.15, 0.2) is 18.2 Å². The Morgan fingerprint density at radius 3 is 2.69 bits per heavy atom. The first-order chi connectivity index (χ1) is 7.50. The van der Waals surface area contributed by atoms with E-state index in [0.717, 1.165) is 5.01 Å². The molecular weight excluding hydrogens is 251 g/mol. The molecule has 1 aromatic rings. The van der Waals surface area contributed by atoms with Crippen molar-refractivity contribution in [2.24, 2.45) is 11.6 Å². The lowest BCUT2D eigenvalue weighted by molar-refractivity contribution is 0.269. The van der Waals surface area contributed by atoms with E-state index in [0.29, 0.717) is 22.3 Å². The van der Waals surface area contributed by atoms with E-state index in [-0.39, 0.29) is 12.6 Å². The first-order valence-corrected chi connectivity index (χ1v) is 5.20. The lowest BCUT2D eigenvalue weighted by Crippen LogP contribution is -2.44. The molecule has 0 radical (unpaired) electrons. The van der Waals surface area contributed by atoms with Crippen LogP contribution >= 0.6 is 23.2 Å². The van der Waals surface area contributed by atoms with Gasteiger partial charge in [0.2, 0.25) is 5.96 Å². The summed E-state index contributed by atoms with van der Waals surface area (Å²) >= 11 is 11.6. The fourth-order valence-corrected chi connectivity index (χ4v) is 1.43. The van der Waals surface area contributed by atoms with Crippen LogP contribution in [0.25, 0.3) is 0 Å². The molecular formula is C9H12Cl2N4O. The second kappa shape index (κ2) is 5.79. The lowest BCUT2D eigenvalue weighted by Gasteiger charge is -2.16. The van der Waals surface area contributed by atoms with Crippen molar-refractivity contribution >= 4 is 29.2 Å². The van der Waals surface area contributed by atoms with Crippen molar-refractivity contribution in [2.45, 2.75) is 0 Å². The molecule has 0 atom stereocenters. The highest BCUT2D eigenvalue weighted by Crippen LogP contribution is 2.27. The van der Waals surface area contributed by atoms with E-state index in [2.05, 4.69) is 0 Å². The second-order valence-electron chi connectivity index (χ2n) is 3.00. The van der Waals surface area contributed by atoms with Gasteiger partial charge in [-0.2, -0.15) is 0 Å². The molecule has 16 heavy (non-hydrogen) atoms. The third-order valence-electron chi connectivity index (χ3n) is 1.79. The Balaban J connectivity index is 2.46. The number of nitrogens with two attached hydrogens (primary N) is 2. The van der Waals surface area contributed by atoms with Crippen LogP contribution in [0, 0.1) is 5.41 Å². The summed E-state index contributed by atoms with van der Waals surface area (Å²) in [7, 11) is 0. The minimum Gasteiger partial charge on any atom is -0.490 e. The van der Waals surface area contributed by atoms with Crippen molar-refractivity contribution in [1.29, 1.82) is 5.41 Å². The molecule has 0 heterocycles. The Labute approximate surface area is 103 Å². The highest BCUT2D eigenvalue weighted by atomic mass is 35.5. The van der Waals surface area contributed by atoms with Gasteiger partial charge in [0, 0.05) is 5.02 Å². The first-order valence-electron chi connectivity index (χ1n) is 4.45. The molecule has 0 saturated heterocycles. The minimum atomic E-state index is -0.217. The Hall–Kier alpha value is -1.17. The van der Waals surface area contributed by atoms with E-state index in [1.807, 2.05) is 0 Å². The maximum Gasteiger partial charge on any atom is 0.202 e. The normalized spacial score (nSPS) is 9.94. The number of hydrogen-bond donors (Lipinski definition) is 3. The van der Waals surface area contributed by atoms with Crippen molar-refractivity contribution in [3.8, 4) is 5.75 Å². The van der Waals surface area contributed by atoms with Crippen LogP contribution in [0.3, 0.4) is 0 Å². The zero-order chi connectivity index (χ0) is 12.1. The largest absolute Gasteiger partial charge is 0.490 e. The smallest absolute Gasteiger partial charge is 0.202 e. The molecule has 5 N–H and O–H groups in total. The molecule has 0 aliphatic heterocycles.